The number of aldehydes is 1. The van der Waals surface area contributed by atoms with Crippen LogP contribution in [0.25, 0.3) is 0 Å². The van der Waals surface area contributed by atoms with Crippen molar-refractivity contribution in [2.24, 2.45) is 16.7 Å². The summed E-state index contributed by atoms with van der Waals surface area (Å²) in [4.78, 5) is 27.2. The van der Waals surface area contributed by atoms with Gasteiger partial charge < -0.3 is 14.8 Å². The van der Waals surface area contributed by atoms with Gasteiger partial charge in [0.2, 0.25) is 0 Å². The standard InChI is InChI=1S/C28H32ClN3O3/c1-26(2)25(35-22-11-10-21(17-30)23(29)16-22)27(3,4)28(26,32-14-12-19(18-33)13-15-32)31-24(34)20-8-6-5-7-9-20/h5-11,16,18-19,25H,12-15H2,1-4H3,(H,31,34). The van der Waals surface area contributed by atoms with Gasteiger partial charge in [-0.05, 0) is 37.1 Å². The molecule has 1 heterocycles. The number of hydrogen-bond donors (Lipinski definition) is 1. The van der Waals surface area contributed by atoms with Crippen LogP contribution in [0.2, 0.25) is 5.02 Å². The minimum atomic E-state index is -0.707. The van der Waals surface area contributed by atoms with Crippen LogP contribution < -0.4 is 10.1 Å². The third-order valence-corrected chi connectivity index (χ3v) is 8.34. The monoisotopic (exact) mass is 493 g/mol. The fraction of sp³-hybridized carbons (Fsp3) is 0.464. The molecule has 2 aromatic rings. The maximum Gasteiger partial charge on any atom is 0.252 e. The lowest BCUT2D eigenvalue weighted by atomic mass is 9.43. The summed E-state index contributed by atoms with van der Waals surface area (Å²) in [5.74, 6) is 0.499. The van der Waals surface area contributed by atoms with Crippen LogP contribution in [-0.2, 0) is 4.79 Å². The Bertz CT molecular complexity index is 1130. The van der Waals surface area contributed by atoms with Crippen molar-refractivity contribution in [3.63, 3.8) is 0 Å². The van der Waals surface area contributed by atoms with Gasteiger partial charge in [-0.2, -0.15) is 5.26 Å². The Morgan fingerprint density at radius 1 is 1.11 bits per heavy atom. The highest BCUT2D eigenvalue weighted by Crippen LogP contribution is 2.64. The van der Waals surface area contributed by atoms with E-state index in [9.17, 15) is 14.9 Å². The number of piperidine rings is 1. The molecular formula is C28H32ClN3O3. The zero-order valence-corrected chi connectivity index (χ0v) is 21.4. The van der Waals surface area contributed by atoms with Crippen molar-refractivity contribution >= 4 is 23.8 Å². The van der Waals surface area contributed by atoms with E-state index in [-0.39, 0.29) is 17.9 Å². The van der Waals surface area contributed by atoms with E-state index in [1.807, 2.05) is 30.3 Å². The molecular weight excluding hydrogens is 462 g/mol. The molecule has 1 aliphatic heterocycles. The number of carbonyl (C=O) groups excluding carboxylic acids is 2. The van der Waals surface area contributed by atoms with Crippen LogP contribution in [0, 0.1) is 28.1 Å². The third-order valence-electron chi connectivity index (χ3n) is 8.03. The lowest BCUT2D eigenvalue weighted by molar-refractivity contribution is -0.289. The summed E-state index contributed by atoms with van der Waals surface area (Å²) in [7, 11) is 0. The van der Waals surface area contributed by atoms with Crippen molar-refractivity contribution in [2.45, 2.75) is 52.3 Å². The Hall–Kier alpha value is -2.88. The second-order valence-corrected chi connectivity index (χ2v) is 11.1. The van der Waals surface area contributed by atoms with Crippen LogP contribution in [0.3, 0.4) is 0 Å². The highest BCUT2D eigenvalue weighted by atomic mass is 35.5. The van der Waals surface area contributed by atoms with Gasteiger partial charge in [-0.3, -0.25) is 9.69 Å². The minimum absolute atomic E-state index is 0.0484. The molecule has 0 spiro atoms. The van der Waals surface area contributed by atoms with E-state index in [4.69, 9.17) is 16.3 Å². The first kappa shape index (κ1) is 25.2. The molecule has 0 unspecified atom stereocenters. The number of rotatable bonds is 6. The maximum absolute atomic E-state index is 13.5. The highest BCUT2D eigenvalue weighted by Gasteiger charge is 2.76. The second kappa shape index (κ2) is 9.29. The summed E-state index contributed by atoms with van der Waals surface area (Å²) in [6, 6.07) is 16.4. The fourth-order valence-electron chi connectivity index (χ4n) is 6.54. The summed E-state index contributed by atoms with van der Waals surface area (Å²) in [6.07, 6.45) is 2.31. The Morgan fingerprint density at radius 2 is 1.74 bits per heavy atom. The van der Waals surface area contributed by atoms with Crippen molar-refractivity contribution in [2.75, 3.05) is 13.1 Å². The Kier molecular flexibility index (Phi) is 6.70. The summed E-state index contributed by atoms with van der Waals surface area (Å²) in [5.41, 5.74) is -0.690. The molecule has 35 heavy (non-hydrogen) atoms. The van der Waals surface area contributed by atoms with Gasteiger partial charge in [0.05, 0.1) is 10.6 Å². The summed E-state index contributed by atoms with van der Waals surface area (Å²) in [6.45, 7) is 9.88. The summed E-state index contributed by atoms with van der Waals surface area (Å²) >= 11 is 6.26. The average molecular weight is 494 g/mol. The summed E-state index contributed by atoms with van der Waals surface area (Å²) in [5, 5.41) is 13.0. The number of nitrogens with zero attached hydrogens (tertiary/aromatic N) is 2. The van der Waals surface area contributed by atoms with E-state index >= 15 is 0 Å². The van der Waals surface area contributed by atoms with E-state index in [1.54, 1.807) is 18.2 Å². The van der Waals surface area contributed by atoms with E-state index in [0.717, 1.165) is 19.1 Å². The molecule has 1 amide bonds. The van der Waals surface area contributed by atoms with Crippen LogP contribution in [-0.4, -0.2) is 41.9 Å². The number of likely N-dealkylation sites (tertiary alicyclic amines) is 1. The van der Waals surface area contributed by atoms with Crippen LogP contribution in [0.1, 0.15) is 56.5 Å². The number of nitriles is 1. The molecule has 2 aromatic carbocycles. The van der Waals surface area contributed by atoms with Gasteiger partial charge in [0.15, 0.2) is 0 Å². The van der Waals surface area contributed by atoms with Gasteiger partial charge in [-0.25, -0.2) is 0 Å². The zero-order chi connectivity index (χ0) is 25.4. The van der Waals surface area contributed by atoms with Gasteiger partial charge in [0, 0.05) is 41.5 Å². The number of hydrogen-bond acceptors (Lipinski definition) is 5. The first-order valence-corrected chi connectivity index (χ1v) is 12.4. The van der Waals surface area contributed by atoms with Crippen LogP contribution in [0.4, 0.5) is 0 Å². The molecule has 4 rings (SSSR count). The molecule has 1 saturated carbocycles. The quantitative estimate of drug-likeness (QED) is 0.568. The predicted molar refractivity (Wildman–Crippen MR) is 135 cm³/mol. The van der Waals surface area contributed by atoms with Crippen LogP contribution in [0.15, 0.2) is 48.5 Å². The first-order valence-electron chi connectivity index (χ1n) is 12.0. The number of benzene rings is 2. The average Bonchev–Trinajstić information content (AvgIpc) is 2.86. The largest absolute Gasteiger partial charge is 0.489 e. The van der Waals surface area contributed by atoms with Gasteiger partial charge in [-0.15, -0.1) is 0 Å². The van der Waals surface area contributed by atoms with Gasteiger partial charge >= 0.3 is 0 Å². The minimum Gasteiger partial charge on any atom is -0.489 e. The molecule has 0 atom stereocenters. The Balaban J connectivity index is 1.70. The van der Waals surface area contributed by atoms with Gasteiger partial charge in [0.1, 0.15) is 29.9 Å². The normalized spacial score (nSPS) is 25.7. The van der Waals surface area contributed by atoms with Crippen LogP contribution >= 0.6 is 11.6 Å². The number of ether oxygens (including phenoxy) is 1. The first-order chi connectivity index (χ1) is 16.6. The van der Waals surface area contributed by atoms with E-state index < -0.39 is 16.5 Å². The number of nitrogens with one attached hydrogen (secondary N) is 1. The van der Waals surface area contributed by atoms with Crippen LogP contribution in [0.5, 0.6) is 5.75 Å². The molecule has 6 nitrogen and oxygen atoms in total. The lowest BCUT2D eigenvalue weighted by Crippen LogP contribution is -2.89. The number of carbonyl (C=O) groups is 2. The lowest BCUT2D eigenvalue weighted by Gasteiger charge is -2.74. The predicted octanol–water partition coefficient (Wildman–Crippen LogP) is 5.06. The Labute approximate surface area is 212 Å². The van der Waals surface area contributed by atoms with Gasteiger partial charge in [-0.1, -0.05) is 57.5 Å². The molecule has 2 aliphatic rings. The SMILES string of the molecule is CC1(C)C(Oc2ccc(C#N)c(Cl)c2)C(C)(C)C1(NC(=O)c1ccccc1)N1CCC(C=O)CC1. The molecule has 184 valence electrons. The summed E-state index contributed by atoms with van der Waals surface area (Å²) < 4.78 is 6.51. The molecule has 0 radical (unpaired) electrons. The molecule has 1 aliphatic carbocycles. The molecule has 1 saturated heterocycles. The van der Waals surface area contributed by atoms with Crippen molar-refractivity contribution in [3.8, 4) is 11.8 Å². The van der Waals surface area contributed by atoms with Crippen molar-refractivity contribution in [1.82, 2.24) is 10.2 Å². The highest BCUT2D eigenvalue weighted by molar-refractivity contribution is 6.31. The molecule has 7 heteroatoms. The molecule has 2 fully saturated rings. The molecule has 0 bridgehead atoms. The smallest absolute Gasteiger partial charge is 0.252 e. The maximum atomic E-state index is 13.5. The number of halogens is 1. The zero-order valence-electron chi connectivity index (χ0n) is 20.7. The third kappa shape index (κ3) is 4.01. The molecule has 1 N–H and O–H groups in total. The van der Waals surface area contributed by atoms with Crippen molar-refractivity contribution in [1.29, 1.82) is 5.26 Å². The molecule has 0 aromatic heterocycles. The van der Waals surface area contributed by atoms with E-state index in [0.29, 0.717) is 35.0 Å². The fourth-order valence-corrected chi connectivity index (χ4v) is 6.75. The number of amides is 1. The van der Waals surface area contributed by atoms with Gasteiger partial charge in [0.25, 0.3) is 5.91 Å². The second-order valence-electron chi connectivity index (χ2n) is 10.7. The Morgan fingerprint density at radius 3 is 2.29 bits per heavy atom. The van der Waals surface area contributed by atoms with Crippen molar-refractivity contribution in [3.05, 3.63) is 64.7 Å². The topological polar surface area (TPSA) is 82.4 Å². The van der Waals surface area contributed by atoms with E-state index in [2.05, 4.69) is 44.0 Å². The van der Waals surface area contributed by atoms with Crippen molar-refractivity contribution < 1.29 is 14.3 Å². The van der Waals surface area contributed by atoms with E-state index in [1.165, 1.54) is 0 Å².